The van der Waals surface area contributed by atoms with E-state index in [0.717, 1.165) is 12.1 Å². The molecule has 55 heavy (non-hydrogen) atoms. The van der Waals surface area contributed by atoms with Gasteiger partial charge in [0.2, 0.25) is 21.8 Å². The second-order valence-corrected chi connectivity index (χ2v) is 17.8. The number of halogens is 4. The second kappa shape index (κ2) is 14.6. The third-order valence-electron chi connectivity index (χ3n) is 11.6. The average Bonchev–Trinajstić information content (AvgIpc) is 3.95. The first-order valence-corrected chi connectivity index (χ1v) is 20.4. The molecule has 1 saturated heterocycles. The summed E-state index contributed by atoms with van der Waals surface area (Å²) in [4.78, 5) is 50.8. The molecule has 17 heteroatoms. The molecule has 12 nitrogen and oxygen atoms in total. The van der Waals surface area contributed by atoms with Gasteiger partial charge in [-0.2, -0.15) is 13.2 Å². The van der Waals surface area contributed by atoms with Crippen LogP contribution in [-0.4, -0.2) is 95.6 Å². The fourth-order valence-corrected chi connectivity index (χ4v) is 9.21. The van der Waals surface area contributed by atoms with Gasteiger partial charge in [0.25, 0.3) is 11.9 Å². The van der Waals surface area contributed by atoms with E-state index in [1.807, 2.05) is 42.2 Å². The van der Waals surface area contributed by atoms with Crippen molar-refractivity contribution in [2.45, 2.75) is 118 Å². The van der Waals surface area contributed by atoms with Gasteiger partial charge in [0.05, 0.1) is 28.9 Å². The minimum absolute atomic E-state index is 0.0192. The number of ether oxygens (including phenoxy) is 1. The van der Waals surface area contributed by atoms with Crippen LogP contribution in [0.5, 0.6) is 0 Å². The minimum Gasteiger partial charge on any atom is -0.460 e. The lowest BCUT2D eigenvalue weighted by Crippen LogP contribution is -2.58. The number of benzene rings is 1. The molecule has 0 radical (unpaired) electrons. The van der Waals surface area contributed by atoms with Crippen molar-refractivity contribution in [2.75, 3.05) is 18.4 Å². The van der Waals surface area contributed by atoms with Crippen molar-refractivity contribution in [1.29, 1.82) is 0 Å². The number of amidine groups is 1. The first-order valence-electron chi connectivity index (χ1n) is 18.9. The Hall–Kier alpha value is -4.41. The zero-order chi connectivity index (χ0) is 39.3. The number of hydrogen-bond acceptors (Lipinski definition) is 9. The topological polar surface area (TPSA) is 150 Å². The predicted molar refractivity (Wildman–Crippen MR) is 195 cm³/mol. The molecule has 3 aliphatic carbocycles. The highest BCUT2D eigenvalue weighted by Gasteiger charge is 2.63. The molecule has 7 rings (SSSR count). The van der Waals surface area contributed by atoms with Crippen molar-refractivity contribution in [3.8, 4) is 0 Å². The first kappa shape index (κ1) is 38.8. The van der Waals surface area contributed by atoms with Crippen LogP contribution in [0.4, 0.5) is 23.2 Å². The molecule has 2 saturated carbocycles. The molecule has 7 atom stereocenters. The summed E-state index contributed by atoms with van der Waals surface area (Å²) in [6, 6.07) is -0.290. The van der Waals surface area contributed by atoms with E-state index in [1.54, 1.807) is 13.0 Å². The highest BCUT2D eigenvalue weighted by molar-refractivity contribution is 7.91. The fourth-order valence-electron chi connectivity index (χ4n) is 7.90. The first-order chi connectivity index (χ1) is 26.0. The van der Waals surface area contributed by atoms with Gasteiger partial charge in [-0.25, -0.2) is 17.8 Å². The van der Waals surface area contributed by atoms with Gasteiger partial charge in [0.1, 0.15) is 29.5 Å². The number of carbonyl (C=O) groups is 3. The molecule has 0 spiro atoms. The summed E-state index contributed by atoms with van der Waals surface area (Å²) in [5, 5.41) is 5.66. The van der Waals surface area contributed by atoms with Gasteiger partial charge >= 0.3 is 6.18 Å². The van der Waals surface area contributed by atoms with E-state index < -0.39 is 79.7 Å². The van der Waals surface area contributed by atoms with Crippen LogP contribution in [0.3, 0.4) is 0 Å². The zero-order valence-electron chi connectivity index (χ0n) is 30.6. The number of rotatable bonds is 7. The molecule has 3 aliphatic heterocycles. The van der Waals surface area contributed by atoms with Crippen molar-refractivity contribution in [3.05, 3.63) is 66.0 Å². The number of alkyl halides is 3. The van der Waals surface area contributed by atoms with E-state index in [4.69, 9.17) is 9.73 Å². The number of sulfonamides is 1. The summed E-state index contributed by atoms with van der Waals surface area (Å²) in [5.41, 5.74) is -3.05. The van der Waals surface area contributed by atoms with Crippen LogP contribution >= 0.6 is 0 Å². The lowest BCUT2D eigenvalue weighted by atomic mass is 10.0. The maximum absolute atomic E-state index is 14.6. The van der Waals surface area contributed by atoms with E-state index in [1.165, 1.54) is 4.90 Å². The standard InChI is InChI=1S/C38H46F4N6O6S/c1-3-47-30-14-10-9-12-28(30)44-35(47)54-27-20-31-32(49)45-37(34(51)46-55(52,53)36(2)15-16-36)21-23(37)11-7-5-4-6-8-13-29(33(50)48(31)22-27)43-26-18-24(38(40,41)42)17-25(39)19-26/h7,9-12,14,17-19,23,27-31,43H,3-6,8,13,15-16,20-22H2,1-2H3,(H,45,49)(H,46,51)/b11-7-/t23-,27-,28?,29+,30?,31+,37-/m1/s1. The molecule has 298 valence electrons. The van der Waals surface area contributed by atoms with Crippen molar-refractivity contribution in [2.24, 2.45) is 10.9 Å². The average molecular weight is 791 g/mol. The van der Waals surface area contributed by atoms with Crippen LogP contribution in [0, 0.1) is 11.7 Å². The highest BCUT2D eigenvalue weighted by atomic mass is 32.2. The number of nitrogens with one attached hydrogen (secondary N) is 3. The van der Waals surface area contributed by atoms with Crippen LogP contribution < -0.4 is 15.4 Å². The van der Waals surface area contributed by atoms with E-state index in [0.29, 0.717) is 57.2 Å². The molecule has 3 heterocycles. The monoisotopic (exact) mass is 790 g/mol. The van der Waals surface area contributed by atoms with Crippen molar-refractivity contribution < 1.29 is 45.1 Å². The van der Waals surface area contributed by atoms with Gasteiger partial charge in [-0.3, -0.25) is 19.1 Å². The van der Waals surface area contributed by atoms with Crippen molar-refractivity contribution in [3.63, 3.8) is 0 Å². The molecule has 1 aromatic carbocycles. The Morgan fingerprint density at radius 2 is 1.85 bits per heavy atom. The molecule has 3 N–H and O–H groups in total. The number of aliphatic imine (C=N–C) groups is 1. The molecular weight excluding hydrogens is 745 g/mol. The van der Waals surface area contributed by atoms with Gasteiger partial charge in [-0.05, 0) is 70.6 Å². The van der Waals surface area contributed by atoms with Crippen molar-refractivity contribution >= 4 is 39.5 Å². The van der Waals surface area contributed by atoms with E-state index >= 15 is 0 Å². The number of nitrogens with zero attached hydrogens (tertiary/aromatic N) is 3. The molecule has 3 fully saturated rings. The zero-order valence-corrected chi connectivity index (χ0v) is 31.5. The van der Waals surface area contributed by atoms with E-state index in [-0.39, 0.29) is 43.6 Å². The Labute approximate surface area is 317 Å². The summed E-state index contributed by atoms with van der Waals surface area (Å²) in [6.07, 6.45) is 9.37. The lowest BCUT2D eigenvalue weighted by molar-refractivity contribution is -0.140. The molecule has 0 aromatic heterocycles. The number of amides is 3. The minimum atomic E-state index is -4.84. The van der Waals surface area contributed by atoms with Crippen LogP contribution in [-0.2, 0) is 35.3 Å². The van der Waals surface area contributed by atoms with Crippen molar-refractivity contribution in [1.82, 2.24) is 19.8 Å². The maximum Gasteiger partial charge on any atom is 0.416 e. The second-order valence-electron chi connectivity index (χ2n) is 15.6. The molecule has 1 aromatic rings. The number of carbonyl (C=O) groups excluding carboxylic acids is 3. The Kier molecular flexibility index (Phi) is 10.3. The SMILES string of the molecule is CCN1C(O[C@@H]2C[C@H]3C(=O)N[C@]4(C(=O)NS(=O)(=O)C5(C)CC5)C[C@H]4/C=C\CCCCC[C@H](Nc4cc(F)cc(C(F)(F)F)c4)C(=O)N3C2)=NC2C=CC=CC21. The molecule has 2 unspecified atom stereocenters. The van der Waals surface area contributed by atoms with Crippen LogP contribution in [0.25, 0.3) is 0 Å². The smallest absolute Gasteiger partial charge is 0.416 e. The third kappa shape index (κ3) is 7.85. The Morgan fingerprint density at radius 1 is 1.09 bits per heavy atom. The number of anilines is 1. The van der Waals surface area contributed by atoms with Gasteiger partial charge in [0.15, 0.2) is 0 Å². The summed E-state index contributed by atoms with van der Waals surface area (Å²) >= 11 is 0. The third-order valence-corrected chi connectivity index (χ3v) is 13.8. The summed E-state index contributed by atoms with van der Waals surface area (Å²) in [7, 11) is -4.04. The van der Waals surface area contributed by atoms with Gasteiger partial charge in [-0.1, -0.05) is 49.3 Å². The summed E-state index contributed by atoms with van der Waals surface area (Å²) in [5.74, 6) is -3.82. The molecule has 3 amide bonds. The Balaban J connectivity index is 1.20. The summed E-state index contributed by atoms with van der Waals surface area (Å²) < 4.78 is 89.2. The Morgan fingerprint density at radius 3 is 2.58 bits per heavy atom. The largest absolute Gasteiger partial charge is 0.460 e. The van der Waals surface area contributed by atoms with Crippen LogP contribution in [0.1, 0.15) is 77.2 Å². The van der Waals surface area contributed by atoms with E-state index in [2.05, 4.69) is 15.4 Å². The fraction of sp³-hybridized carbons (Fsp3) is 0.579. The van der Waals surface area contributed by atoms with Gasteiger partial charge in [-0.15, -0.1) is 0 Å². The summed E-state index contributed by atoms with van der Waals surface area (Å²) in [6.45, 7) is 3.96. The number of hydrogen-bond donors (Lipinski definition) is 3. The Bertz CT molecular complexity index is 1950. The van der Waals surface area contributed by atoms with Gasteiger partial charge in [0, 0.05) is 24.6 Å². The quantitative estimate of drug-likeness (QED) is 0.269. The van der Waals surface area contributed by atoms with Crippen LogP contribution in [0.2, 0.25) is 0 Å². The van der Waals surface area contributed by atoms with Gasteiger partial charge < -0.3 is 25.2 Å². The number of fused-ring (bicyclic) bond motifs is 3. The van der Waals surface area contributed by atoms with E-state index in [9.17, 15) is 40.4 Å². The van der Waals surface area contributed by atoms with Crippen LogP contribution in [0.15, 0.2) is 59.6 Å². The lowest BCUT2D eigenvalue weighted by Gasteiger charge is -2.30. The normalized spacial score (nSPS) is 32.2. The maximum atomic E-state index is 14.6. The highest BCUT2D eigenvalue weighted by Crippen LogP contribution is 2.47. The predicted octanol–water partition coefficient (Wildman–Crippen LogP) is 4.56. The molecular formula is C38H46F4N6O6S. The molecule has 0 bridgehead atoms. The molecule has 6 aliphatic rings. The number of allylic oxidation sites excluding steroid dienone is 3. The number of likely N-dealkylation sites (N-methyl/N-ethyl adjacent to an activating group) is 1.